The van der Waals surface area contributed by atoms with Crippen LogP contribution in [-0.2, 0) is 9.53 Å². The lowest BCUT2D eigenvalue weighted by molar-refractivity contribution is -0.147. The van der Waals surface area contributed by atoms with E-state index in [0.717, 1.165) is 4.80 Å². The molecule has 1 rings (SSSR count). The molecule has 0 aliphatic rings. The Morgan fingerprint density at radius 3 is 2.61 bits per heavy atom. The molecule has 18 heavy (non-hydrogen) atoms. The second-order valence-corrected chi connectivity index (χ2v) is 3.42. The molecule has 0 amide bonds. The van der Waals surface area contributed by atoms with Gasteiger partial charge in [0, 0.05) is 6.42 Å². The van der Waals surface area contributed by atoms with E-state index in [9.17, 15) is 18.0 Å². The fourth-order valence-electron chi connectivity index (χ4n) is 1.01. The van der Waals surface area contributed by atoms with E-state index in [2.05, 4.69) is 20.1 Å². The Kier molecular flexibility index (Phi) is 4.81. The second kappa shape index (κ2) is 6.12. The second-order valence-electron chi connectivity index (χ2n) is 3.42. The van der Waals surface area contributed by atoms with E-state index in [-0.39, 0.29) is 0 Å². The molecule has 0 bridgehead atoms. The summed E-state index contributed by atoms with van der Waals surface area (Å²) >= 11 is 0. The van der Waals surface area contributed by atoms with Crippen molar-refractivity contribution < 1.29 is 22.7 Å². The third kappa shape index (κ3) is 3.82. The van der Waals surface area contributed by atoms with Gasteiger partial charge in [-0.1, -0.05) is 0 Å². The average Bonchev–Trinajstić information content (AvgIpc) is 2.74. The zero-order valence-electron chi connectivity index (χ0n) is 9.73. The van der Waals surface area contributed by atoms with Crippen LogP contribution in [0.4, 0.5) is 13.2 Å². The van der Waals surface area contributed by atoms with Crippen molar-refractivity contribution in [1.82, 2.24) is 20.2 Å². The van der Waals surface area contributed by atoms with Crippen molar-refractivity contribution in [3.63, 3.8) is 0 Å². The molecule has 9 heteroatoms. The molecule has 1 aromatic rings. The molecule has 1 heterocycles. The van der Waals surface area contributed by atoms with Crippen LogP contribution in [0.1, 0.15) is 25.2 Å². The highest BCUT2D eigenvalue weighted by Crippen LogP contribution is 2.13. The van der Waals surface area contributed by atoms with E-state index in [4.69, 9.17) is 0 Å². The molecule has 100 valence electrons. The smallest absolute Gasteiger partial charge is 0.332 e. The number of aromatic nitrogens is 4. The van der Waals surface area contributed by atoms with Crippen LogP contribution in [0.25, 0.3) is 0 Å². The number of hydrogen-bond acceptors (Lipinski definition) is 5. The van der Waals surface area contributed by atoms with Gasteiger partial charge in [-0.3, -0.25) is 0 Å². The van der Waals surface area contributed by atoms with Gasteiger partial charge < -0.3 is 4.74 Å². The van der Waals surface area contributed by atoms with Crippen molar-refractivity contribution in [2.24, 2.45) is 0 Å². The number of rotatable bonds is 5. The van der Waals surface area contributed by atoms with Crippen LogP contribution in [0.15, 0.2) is 11.9 Å². The van der Waals surface area contributed by atoms with Gasteiger partial charge in [0.2, 0.25) is 0 Å². The number of nitrogens with zero attached hydrogens (tertiary/aromatic N) is 4. The largest absolute Gasteiger partial charge is 0.464 e. The molecule has 1 unspecified atom stereocenters. The third-order valence-corrected chi connectivity index (χ3v) is 1.99. The molecular weight excluding hydrogens is 253 g/mol. The first kappa shape index (κ1) is 14.1. The lowest BCUT2D eigenvalue weighted by Gasteiger charge is -2.09. The molecule has 0 N–H and O–H groups in total. The maximum atomic E-state index is 12.4. The van der Waals surface area contributed by atoms with Crippen molar-refractivity contribution >= 4 is 5.97 Å². The Morgan fingerprint density at radius 2 is 2.11 bits per heavy atom. The minimum Gasteiger partial charge on any atom is -0.464 e. The number of hydrogen-bond donors (Lipinski definition) is 0. The number of carbonyl (C=O) groups excluding carboxylic acids is 1. The first-order valence-electron chi connectivity index (χ1n) is 5.04. The predicted octanol–water partition coefficient (Wildman–Crippen LogP) is 1.55. The van der Waals surface area contributed by atoms with Crippen LogP contribution in [0.2, 0.25) is 0 Å². The maximum Gasteiger partial charge on any atom is 0.332 e. The Hall–Kier alpha value is -1.93. The fourth-order valence-corrected chi connectivity index (χ4v) is 1.01. The highest BCUT2D eigenvalue weighted by Gasteiger charge is 2.19. The SMILES string of the molecule is Cc1nnn(C(C)C(=O)OCCC(F)=C(F)F)n1. The van der Waals surface area contributed by atoms with Crippen molar-refractivity contribution in [1.29, 1.82) is 0 Å². The standard InChI is InChI=1S/C9H11F3N4O2/c1-5(16-14-6(2)13-15-16)9(17)18-4-3-7(10)8(11)12/h5H,3-4H2,1-2H3. The van der Waals surface area contributed by atoms with Gasteiger partial charge in [0.1, 0.15) is 0 Å². The van der Waals surface area contributed by atoms with E-state index < -0.39 is 36.9 Å². The van der Waals surface area contributed by atoms with Crippen LogP contribution in [-0.4, -0.2) is 32.8 Å². The average molecular weight is 264 g/mol. The number of carbonyl (C=O) groups is 1. The topological polar surface area (TPSA) is 69.9 Å². The lowest BCUT2D eigenvalue weighted by atomic mass is 10.3. The van der Waals surface area contributed by atoms with Crippen LogP contribution in [0, 0.1) is 6.92 Å². The summed E-state index contributed by atoms with van der Waals surface area (Å²) in [6, 6.07) is -0.853. The molecule has 0 saturated carbocycles. The quantitative estimate of drug-likeness (QED) is 0.755. The van der Waals surface area contributed by atoms with Gasteiger partial charge in [-0.2, -0.15) is 8.78 Å². The third-order valence-electron chi connectivity index (χ3n) is 1.99. The zero-order chi connectivity index (χ0) is 13.7. The molecule has 0 spiro atoms. The van der Waals surface area contributed by atoms with Crippen molar-refractivity contribution in [3.05, 3.63) is 17.7 Å². The Morgan fingerprint density at radius 1 is 1.44 bits per heavy atom. The highest BCUT2D eigenvalue weighted by atomic mass is 19.3. The summed E-state index contributed by atoms with van der Waals surface area (Å²) in [6.45, 7) is 2.57. The molecule has 0 radical (unpaired) electrons. The molecule has 6 nitrogen and oxygen atoms in total. The summed E-state index contributed by atoms with van der Waals surface area (Å²) in [6.07, 6.45) is -3.07. The minimum atomic E-state index is -2.41. The van der Waals surface area contributed by atoms with E-state index in [1.54, 1.807) is 6.92 Å². The molecule has 0 saturated heterocycles. The number of aryl methyl sites for hydroxylation is 1. The van der Waals surface area contributed by atoms with Gasteiger partial charge in [0.05, 0.1) is 6.61 Å². The monoisotopic (exact) mass is 264 g/mol. The van der Waals surface area contributed by atoms with Crippen LogP contribution in [0.5, 0.6) is 0 Å². The van der Waals surface area contributed by atoms with Gasteiger partial charge >= 0.3 is 12.0 Å². The highest BCUT2D eigenvalue weighted by molar-refractivity contribution is 5.73. The maximum absolute atomic E-state index is 12.4. The zero-order valence-corrected chi connectivity index (χ0v) is 9.73. The number of ether oxygens (including phenoxy) is 1. The van der Waals surface area contributed by atoms with Crippen LogP contribution in [0.3, 0.4) is 0 Å². The normalized spacial score (nSPS) is 12.1. The summed E-state index contributed by atoms with van der Waals surface area (Å²) in [5.74, 6) is -1.97. The Balaban J connectivity index is 2.44. The molecule has 0 aliphatic heterocycles. The van der Waals surface area contributed by atoms with E-state index in [1.165, 1.54) is 6.92 Å². The lowest BCUT2D eigenvalue weighted by Crippen LogP contribution is -2.22. The first-order valence-corrected chi connectivity index (χ1v) is 5.04. The van der Waals surface area contributed by atoms with Crippen molar-refractivity contribution in [2.45, 2.75) is 26.3 Å². The van der Waals surface area contributed by atoms with E-state index >= 15 is 0 Å². The summed E-state index contributed by atoms with van der Waals surface area (Å²) in [7, 11) is 0. The van der Waals surface area contributed by atoms with Gasteiger partial charge in [0.25, 0.3) is 0 Å². The van der Waals surface area contributed by atoms with Gasteiger partial charge in [-0.25, -0.2) is 9.18 Å². The molecular formula is C9H11F3N4O2. The van der Waals surface area contributed by atoms with Crippen molar-refractivity contribution in [3.8, 4) is 0 Å². The van der Waals surface area contributed by atoms with Gasteiger partial charge in [-0.15, -0.1) is 15.0 Å². The number of esters is 1. The summed E-state index contributed by atoms with van der Waals surface area (Å²) in [4.78, 5) is 12.5. The van der Waals surface area contributed by atoms with Gasteiger partial charge in [0.15, 0.2) is 17.7 Å². The van der Waals surface area contributed by atoms with E-state index in [1.807, 2.05) is 0 Å². The summed E-state index contributed by atoms with van der Waals surface area (Å²) in [5.41, 5.74) is 0. The Labute approximate surface area is 100 Å². The number of halogens is 3. The molecule has 0 fully saturated rings. The molecule has 0 aliphatic carbocycles. The summed E-state index contributed by atoms with van der Waals surface area (Å²) in [5, 5.41) is 10.9. The molecule has 1 aromatic heterocycles. The molecule has 0 aromatic carbocycles. The van der Waals surface area contributed by atoms with Crippen LogP contribution >= 0.6 is 0 Å². The minimum absolute atomic E-state index is 0.378. The fraction of sp³-hybridized carbons (Fsp3) is 0.556. The summed E-state index contributed by atoms with van der Waals surface area (Å²) < 4.78 is 40.4. The van der Waals surface area contributed by atoms with E-state index in [0.29, 0.717) is 5.82 Å². The van der Waals surface area contributed by atoms with Crippen LogP contribution < -0.4 is 0 Å². The number of tetrazole rings is 1. The van der Waals surface area contributed by atoms with Gasteiger partial charge in [-0.05, 0) is 19.1 Å². The first-order chi connectivity index (χ1) is 8.41. The molecule has 1 atom stereocenters. The predicted molar refractivity (Wildman–Crippen MR) is 53.2 cm³/mol. The van der Waals surface area contributed by atoms with Crippen molar-refractivity contribution in [2.75, 3.05) is 6.61 Å². The Bertz CT molecular complexity index is 456.